The van der Waals surface area contributed by atoms with E-state index >= 15 is 0 Å². The van der Waals surface area contributed by atoms with Crippen LogP contribution >= 0.6 is 0 Å². The molecule has 0 saturated carbocycles. The maximum absolute atomic E-state index is 12.1. The predicted octanol–water partition coefficient (Wildman–Crippen LogP) is 2.14. The number of rotatable bonds is 5. The highest BCUT2D eigenvalue weighted by atomic mass is 16.2. The van der Waals surface area contributed by atoms with Crippen molar-refractivity contribution in [3.05, 3.63) is 59.4 Å². The van der Waals surface area contributed by atoms with Crippen molar-refractivity contribution in [1.29, 1.82) is 0 Å². The van der Waals surface area contributed by atoms with E-state index in [0.717, 1.165) is 17.8 Å². The van der Waals surface area contributed by atoms with E-state index in [9.17, 15) is 4.79 Å². The van der Waals surface area contributed by atoms with Gasteiger partial charge in [0.05, 0.1) is 6.04 Å². The molecule has 4 nitrogen and oxygen atoms in total. The van der Waals surface area contributed by atoms with Crippen LogP contribution in [0, 0.1) is 13.8 Å². The van der Waals surface area contributed by atoms with E-state index in [1.54, 1.807) is 4.68 Å². The molecule has 1 atom stereocenters. The van der Waals surface area contributed by atoms with Crippen molar-refractivity contribution in [2.24, 2.45) is 5.73 Å². The van der Waals surface area contributed by atoms with Crippen molar-refractivity contribution in [2.75, 3.05) is 5.43 Å². The maximum Gasteiger partial charge on any atom is 0.255 e. The fourth-order valence-electron chi connectivity index (χ4n) is 2.14. The summed E-state index contributed by atoms with van der Waals surface area (Å²) in [6.07, 6.45) is 1.44. The Kier molecular flexibility index (Phi) is 4.58. The van der Waals surface area contributed by atoms with Crippen molar-refractivity contribution < 1.29 is 4.79 Å². The smallest absolute Gasteiger partial charge is 0.255 e. The molecule has 0 aliphatic heterocycles. The fourth-order valence-corrected chi connectivity index (χ4v) is 2.14. The van der Waals surface area contributed by atoms with Gasteiger partial charge in [-0.15, -0.1) is 0 Å². The van der Waals surface area contributed by atoms with Gasteiger partial charge in [-0.1, -0.05) is 30.3 Å². The van der Waals surface area contributed by atoms with Gasteiger partial charge in [-0.25, -0.2) is 0 Å². The summed E-state index contributed by atoms with van der Waals surface area (Å²) in [5.41, 5.74) is 12.0. The molecule has 0 saturated heterocycles. The zero-order valence-electron chi connectivity index (χ0n) is 12.0. The molecule has 0 aliphatic rings. The van der Waals surface area contributed by atoms with Gasteiger partial charge in [0.15, 0.2) is 0 Å². The van der Waals surface area contributed by atoms with Crippen molar-refractivity contribution in [3.63, 3.8) is 0 Å². The standard InChI is InChI=1S/C16H21N3O/c1-12-8-9-13(2)19(12)18-16(20)15(17)11-10-14-6-4-3-5-7-14/h3-9,15H,10-11,17H2,1-2H3,(H,18,20)/t15-/m0/s1. The van der Waals surface area contributed by atoms with Crippen LogP contribution in [-0.2, 0) is 11.2 Å². The number of hydrogen-bond acceptors (Lipinski definition) is 2. The minimum absolute atomic E-state index is 0.150. The number of carbonyl (C=O) groups excluding carboxylic acids is 1. The molecule has 1 heterocycles. The van der Waals surface area contributed by atoms with Crippen molar-refractivity contribution in [3.8, 4) is 0 Å². The van der Waals surface area contributed by atoms with Crippen LogP contribution in [0.25, 0.3) is 0 Å². The molecular weight excluding hydrogens is 250 g/mol. The first-order valence-corrected chi connectivity index (χ1v) is 6.83. The predicted molar refractivity (Wildman–Crippen MR) is 81.0 cm³/mol. The van der Waals surface area contributed by atoms with Gasteiger partial charge in [0, 0.05) is 11.4 Å². The number of amides is 1. The molecule has 2 aromatic rings. The van der Waals surface area contributed by atoms with Gasteiger partial charge in [0.25, 0.3) is 5.91 Å². The van der Waals surface area contributed by atoms with E-state index in [1.807, 2.05) is 56.3 Å². The van der Waals surface area contributed by atoms with E-state index < -0.39 is 6.04 Å². The molecule has 1 aromatic carbocycles. The van der Waals surface area contributed by atoms with Crippen LogP contribution in [0.5, 0.6) is 0 Å². The molecule has 20 heavy (non-hydrogen) atoms. The van der Waals surface area contributed by atoms with Gasteiger partial charge < -0.3 is 5.73 Å². The molecule has 106 valence electrons. The Bertz CT molecular complexity index is 555. The Morgan fingerprint density at radius 2 is 1.75 bits per heavy atom. The molecule has 4 heteroatoms. The number of aryl methyl sites for hydroxylation is 3. The molecule has 0 aliphatic carbocycles. The maximum atomic E-state index is 12.1. The van der Waals surface area contributed by atoms with Crippen molar-refractivity contribution in [1.82, 2.24) is 4.68 Å². The second-order valence-electron chi connectivity index (χ2n) is 5.06. The lowest BCUT2D eigenvalue weighted by Gasteiger charge is -2.15. The first-order chi connectivity index (χ1) is 9.58. The van der Waals surface area contributed by atoms with E-state index in [-0.39, 0.29) is 5.91 Å². The van der Waals surface area contributed by atoms with Crippen LogP contribution in [-0.4, -0.2) is 16.6 Å². The molecule has 0 fully saturated rings. The minimum atomic E-state index is -0.503. The number of nitrogens with zero attached hydrogens (tertiary/aromatic N) is 1. The average molecular weight is 271 g/mol. The van der Waals surface area contributed by atoms with Gasteiger partial charge >= 0.3 is 0 Å². The van der Waals surface area contributed by atoms with Crippen LogP contribution in [0.3, 0.4) is 0 Å². The first kappa shape index (κ1) is 14.3. The molecule has 1 aromatic heterocycles. The number of carbonyl (C=O) groups is 1. The van der Waals surface area contributed by atoms with Crippen molar-refractivity contribution in [2.45, 2.75) is 32.7 Å². The highest BCUT2D eigenvalue weighted by Gasteiger charge is 2.14. The van der Waals surface area contributed by atoms with Gasteiger partial charge in [0.2, 0.25) is 0 Å². The number of nitrogens with two attached hydrogens (primary N) is 1. The lowest BCUT2D eigenvalue weighted by molar-refractivity contribution is -0.118. The summed E-state index contributed by atoms with van der Waals surface area (Å²) in [6.45, 7) is 3.89. The highest BCUT2D eigenvalue weighted by Crippen LogP contribution is 2.07. The Hall–Kier alpha value is -2.07. The third kappa shape index (κ3) is 3.48. The SMILES string of the molecule is Cc1ccc(C)n1NC(=O)[C@@H](N)CCc1ccccc1. The zero-order valence-corrected chi connectivity index (χ0v) is 12.0. The van der Waals surface area contributed by atoms with Crippen LogP contribution in [0.2, 0.25) is 0 Å². The van der Waals surface area contributed by atoms with Crippen LogP contribution in [0.4, 0.5) is 0 Å². The second-order valence-corrected chi connectivity index (χ2v) is 5.06. The number of hydrogen-bond donors (Lipinski definition) is 2. The Labute approximate surface area is 119 Å². The summed E-state index contributed by atoms with van der Waals surface area (Å²) in [5.74, 6) is -0.150. The topological polar surface area (TPSA) is 60.0 Å². The third-order valence-corrected chi connectivity index (χ3v) is 3.42. The quantitative estimate of drug-likeness (QED) is 0.875. The minimum Gasteiger partial charge on any atom is -0.320 e. The second kappa shape index (κ2) is 6.39. The molecule has 0 unspecified atom stereocenters. The monoisotopic (exact) mass is 271 g/mol. The lowest BCUT2D eigenvalue weighted by atomic mass is 10.1. The zero-order chi connectivity index (χ0) is 14.5. The van der Waals surface area contributed by atoms with Crippen molar-refractivity contribution >= 4 is 5.91 Å². The average Bonchev–Trinajstić information content (AvgIpc) is 2.77. The Morgan fingerprint density at radius 3 is 2.35 bits per heavy atom. The summed E-state index contributed by atoms with van der Waals surface area (Å²) < 4.78 is 1.77. The molecule has 0 radical (unpaired) electrons. The van der Waals surface area contributed by atoms with Gasteiger partial charge in [-0.3, -0.25) is 14.9 Å². The summed E-state index contributed by atoms with van der Waals surface area (Å²) in [7, 11) is 0. The van der Waals surface area contributed by atoms with E-state index in [2.05, 4.69) is 5.43 Å². The molecule has 3 N–H and O–H groups in total. The molecule has 1 amide bonds. The van der Waals surface area contributed by atoms with Crippen LogP contribution in [0.1, 0.15) is 23.4 Å². The van der Waals surface area contributed by atoms with Gasteiger partial charge in [-0.05, 0) is 44.4 Å². The highest BCUT2D eigenvalue weighted by molar-refractivity contribution is 5.88. The van der Waals surface area contributed by atoms with E-state index in [1.165, 1.54) is 5.56 Å². The largest absolute Gasteiger partial charge is 0.320 e. The van der Waals surface area contributed by atoms with E-state index in [0.29, 0.717) is 6.42 Å². The Balaban J connectivity index is 1.89. The fraction of sp³-hybridized carbons (Fsp3) is 0.312. The van der Waals surface area contributed by atoms with E-state index in [4.69, 9.17) is 5.73 Å². The summed E-state index contributed by atoms with van der Waals surface area (Å²) >= 11 is 0. The first-order valence-electron chi connectivity index (χ1n) is 6.83. The van der Waals surface area contributed by atoms with Crippen LogP contribution < -0.4 is 11.2 Å². The number of aromatic nitrogens is 1. The molecule has 0 spiro atoms. The lowest BCUT2D eigenvalue weighted by Crippen LogP contribution is -2.40. The Morgan fingerprint density at radius 1 is 1.15 bits per heavy atom. The number of nitrogens with one attached hydrogen (secondary N) is 1. The molecule has 2 rings (SSSR count). The third-order valence-electron chi connectivity index (χ3n) is 3.42. The summed E-state index contributed by atoms with van der Waals surface area (Å²) in [4.78, 5) is 12.1. The van der Waals surface area contributed by atoms with Gasteiger partial charge in [0.1, 0.15) is 0 Å². The van der Waals surface area contributed by atoms with Gasteiger partial charge in [-0.2, -0.15) is 0 Å². The molecule has 0 bridgehead atoms. The van der Waals surface area contributed by atoms with Crippen LogP contribution in [0.15, 0.2) is 42.5 Å². The summed E-state index contributed by atoms with van der Waals surface area (Å²) in [6, 6.07) is 13.5. The number of benzene rings is 1. The molecular formula is C16H21N3O. The normalized spacial score (nSPS) is 12.2. The summed E-state index contributed by atoms with van der Waals surface area (Å²) in [5, 5.41) is 0.